The fourth-order valence-electron chi connectivity index (χ4n) is 2.94. The molecule has 1 aromatic heterocycles. The fourth-order valence-corrected chi connectivity index (χ4v) is 2.94. The van der Waals surface area contributed by atoms with Crippen molar-refractivity contribution in [3.63, 3.8) is 0 Å². The quantitative estimate of drug-likeness (QED) is 0.889. The van der Waals surface area contributed by atoms with Crippen LogP contribution in [-0.4, -0.2) is 18.1 Å². The molecule has 0 spiro atoms. The Bertz CT molecular complexity index is 426. The van der Waals surface area contributed by atoms with Crippen LogP contribution < -0.4 is 10.6 Å². The average Bonchev–Trinajstić information content (AvgIpc) is 2.38. The highest BCUT2D eigenvalue weighted by Gasteiger charge is 2.29. The van der Waals surface area contributed by atoms with E-state index in [1.807, 2.05) is 6.92 Å². The van der Waals surface area contributed by atoms with E-state index in [2.05, 4.69) is 37.8 Å². The second-order valence-electron chi connectivity index (χ2n) is 6.75. The molecule has 1 saturated heterocycles. The van der Waals surface area contributed by atoms with Crippen LogP contribution >= 0.6 is 0 Å². The maximum Gasteiger partial charge on any atom is 0.128 e. The van der Waals surface area contributed by atoms with Gasteiger partial charge in [0.1, 0.15) is 5.82 Å². The van der Waals surface area contributed by atoms with Crippen molar-refractivity contribution in [1.29, 1.82) is 0 Å². The zero-order valence-electron chi connectivity index (χ0n) is 12.7. The fraction of sp³-hybridized carbons (Fsp3) is 0.688. The van der Waals surface area contributed by atoms with E-state index in [4.69, 9.17) is 10.7 Å². The van der Waals surface area contributed by atoms with E-state index < -0.39 is 0 Å². The molecule has 0 atom stereocenters. The summed E-state index contributed by atoms with van der Waals surface area (Å²) in [6.45, 7) is 11.9. The average molecular weight is 261 g/mol. The smallest absolute Gasteiger partial charge is 0.128 e. The Morgan fingerprint density at radius 3 is 2.37 bits per heavy atom. The predicted octanol–water partition coefficient (Wildman–Crippen LogP) is 3.11. The Hall–Kier alpha value is -1.09. The second kappa shape index (κ2) is 5.49. The van der Waals surface area contributed by atoms with Crippen molar-refractivity contribution in [3.05, 3.63) is 23.4 Å². The minimum atomic E-state index is 0.429. The molecule has 0 saturated carbocycles. The van der Waals surface area contributed by atoms with Gasteiger partial charge in [-0.05, 0) is 42.7 Å². The topological polar surface area (TPSA) is 42.2 Å². The van der Waals surface area contributed by atoms with E-state index in [0.717, 1.165) is 36.1 Å². The monoisotopic (exact) mass is 261 g/mol. The zero-order valence-corrected chi connectivity index (χ0v) is 12.7. The van der Waals surface area contributed by atoms with Crippen LogP contribution in [-0.2, 0) is 6.54 Å². The van der Waals surface area contributed by atoms with Crippen molar-refractivity contribution < 1.29 is 0 Å². The van der Waals surface area contributed by atoms with Gasteiger partial charge in [-0.3, -0.25) is 0 Å². The number of hydrogen-bond acceptors (Lipinski definition) is 3. The molecule has 19 heavy (non-hydrogen) atoms. The lowest BCUT2D eigenvalue weighted by molar-refractivity contribution is 0.198. The number of rotatable bonds is 2. The third-order valence-corrected chi connectivity index (χ3v) is 4.44. The van der Waals surface area contributed by atoms with Crippen LogP contribution in [0, 0.1) is 18.3 Å². The number of anilines is 1. The summed E-state index contributed by atoms with van der Waals surface area (Å²) in [6, 6.07) is 4.24. The highest BCUT2D eigenvalue weighted by molar-refractivity contribution is 5.42. The molecule has 3 nitrogen and oxygen atoms in total. The van der Waals surface area contributed by atoms with E-state index in [-0.39, 0.29) is 0 Å². The van der Waals surface area contributed by atoms with E-state index in [9.17, 15) is 0 Å². The maximum atomic E-state index is 5.69. The number of pyridine rings is 1. The van der Waals surface area contributed by atoms with Crippen LogP contribution in [0.25, 0.3) is 0 Å². The largest absolute Gasteiger partial charge is 0.357 e. The lowest BCUT2D eigenvalue weighted by Crippen LogP contribution is -2.38. The highest BCUT2D eigenvalue weighted by atomic mass is 15.2. The molecule has 2 N–H and O–H groups in total. The summed E-state index contributed by atoms with van der Waals surface area (Å²) < 4.78 is 0. The number of nitrogens with two attached hydrogens (primary N) is 1. The Kier molecular flexibility index (Phi) is 4.14. The van der Waals surface area contributed by atoms with Gasteiger partial charge < -0.3 is 10.6 Å². The molecule has 3 heteroatoms. The van der Waals surface area contributed by atoms with Gasteiger partial charge in [-0.15, -0.1) is 0 Å². The van der Waals surface area contributed by atoms with Crippen LogP contribution in [0.2, 0.25) is 0 Å². The Balaban J connectivity index is 2.04. The van der Waals surface area contributed by atoms with Gasteiger partial charge in [0.2, 0.25) is 0 Å². The van der Waals surface area contributed by atoms with E-state index >= 15 is 0 Å². The van der Waals surface area contributed by atoms with E-state index in [1.165, 1.54) is 12.8 Å². The molecular formula is C16H27N3. The van der Waals surface area contributed by atoms with Gasteiger partial charge in [-0.2, -0.15) is 0 Å². The minimum Gasteiger partial charge on any atom is -0.357 e. The molecule has 1 aliphatic rings. The van der Waals surface area contributed by atoms with Gasteiger partial charge in [-0.1, -0.05) is 26.8 Å². The third-order valence-electron chi connectivity index (χ3n) is 4.44. The molecule has 0 radical (unpaired) electrons. The highest BCUT2D eigenvalue weighted by Crippen LogP contribution is 2.35. The summed E-state index contributed by atoms with van der Waals surface area (Å²) >= 11 is 0. The summed E-state index contributed by atoms with van der Waals surface area (Å²) in [4.78, 5) is 7.11. The van der Waals surface area contributed by atoms with Crippen LogP contribution in [0.4, 0.5) is 5.82 Å². The number of aryl methyl sites for hydroxylation is 1. The summed E-state index contributed by atoms with van der Waals surface area (Å²) in [6.07, 6.45) is 2.53. The standard InChI is InChI=1S/C16H27N3/c1-12-13(11-17)5-6-15(18-12)19-9-7-14(8-10-19)16(2,3)4/h5-6,14H,7-11,17H2,1-4H3. The number of piperidine rings is 1. The van der Waals surface area contributed by atoms with Gasteiger partial charge in [0.05, 0.1) is 0 Å². The molecule has 0 bridgehead atoms. The van der Waals surface area contributed by atoms with Crippen LogP contribution in [0.15, 0.2) is 12.1 Å². The van der Waals surface area contributed by atoms with E-state index in [0.29, 0.717) is 12.0 Å². The molecular weight excluding hydrogens is 234 g/mol. The molecule has 1 aliphatic heterocycles. The molecule has 1 fully saturated rings. The van der Waals surface area contributed by atoms with Crippen molar-refractivity contribution >= 4 is 5.82 Å². The maximum absolute atomic E-state index is 5.69. The molecule has 106 valence electrons. The molecule has 2 rings (SSSR count). The van der Waals surface area contributed by atoms with Crippen LogP contribution in [0.1, 0.15) is 44.9 Å². The second-order valence-corrected chi connectivity index (χ2v) is 6.75. The Morgan fingerprint density at radius 2 is 1.89 bits per heavy atom. The summed E-state index contributed by atoms with van der Waals surface area (Å²) in [5.41, 5.74) is 8.34. The summed E-state index contributed by atoms with van der Waals surface area (Å²) in [7, 11) is 0. The number of nitrogens with zero attached hydrogens (tertiary/aromatic N) is 2. The van der Waals surface area contributed by atoms with Crippen molar-refractivity contribution in [3.8, 4) is 0 Å². The summed E-state index contributed by atoms with van der Waals surface area (Å²) in [5.74, 6) is 1.94. The van der Waals surface area contributed by atoms with Crippen molar-refractivity contribution in [2.45, 2.75) is 47.1 Å². The lowest BCUT2D eigenvalue weighted by Gasteiger charge is -2.39. The van der Waals surface area contributed by atoms with Gasteiger partial charge in [0.25, 0.3) is 0 Å². The molecule has 0 amide bonds. The summed E-state index contributed by atoms with van der Waals surface area (Å²) in [5, 5.41) is 0. The Labute approximate surface area is 117 Å². The van der Waals surface area contributed by atoms with Gasteiger partial charge in [-0.25, -0.2) is 4.98 Å². The van der Waals surface area contributed by atoms with Crippen molar-refractivity contribution in [1.82, 2.24) is 4.98 Å². The van der Waals surface area contributed by atoms with Gasteiger partial charge in [0.15, 0.2) is 0 Å². The third kappa shape index (κ3) is 3.27. The first-order chi connectivity index (χ1) is 8.91. The van der Waals surface area contributed by atoms with Gasteiger partial charge >= 0.3 is 0 Å². The molecule has 0 aromatic carbocycles. The first-order valence-electron chi connectivity index (χ1n) is 7.33. The van der Waals surface area contributed by atoms with E-state index in [1.54, 1.807) is 0 Å². The SMILES string of the molecule is Cc1nc(N2CCC(C(C)(C)C)CC2)ccc1CN. The minimum absolute atomic E-state index is 0.429. The molecule has 0 unspecified atom stereocenters. The normalized spacial score (nSPS) is 17.8. The zero-order chi connectivity index (χ0) is 14.0. The molecule has 2 heterocycles. The lowest BCUT2D eigenvalue weighted by atomic mass is 9.75. The molecule has 1 aromatic rings. The van der Waals surface area contributed by atoms with Crippen LogP contribution in [0.5, 0.6) is 0 Å². The number of aromatic nitrogens is 1. The van der Waals surface area contributed by atoms with Crippen molar-refractivity contribution in [2.75, 3.05) is 18.0 Å². The Morgan fingerprint density at radius 1 is 1.26 bits per heavy atom. The molecule has 0 aliphatic carbocycles. The van der Waals surface area contributed by atoms with Crippen LogP contribution in [0.3, 0.4) is 0 Å². The first kappa shape index (κ1) is 14.3. The number of hydrogen-bond donors (Lipinski definition) is 1. The van der Waals surface area contributed by atoms with Gasteiger partial charge in [0, 0.05) is 25.3 Å². The predicted molar refractivity (Wildman–Crippen MR) is 81.3 cm³/mol. The first-order valence-corrected chi connectivity index (χ1v) is 7.33. The van der Waals surface area contributed by atoms with Crippen molar-refractivity contribution in [2.24, 2.45) is 17.1 Å².